The Morgan fingerprint density at radius 2 is 1.90 bits per heavy atom. The second-order valence-electron chi connectivity index (χ2n) is 7.57. The number of primary amides is 1. The van der Waals surface area contributed by atoms with Crippen LogP contribution < -0.4 is 21.5 Å². The SMILES string of the molecule is NC(=O)C1CCN(c2ccccc2NC(=O)Cn2cnc3ccc(Br)cc3c2=O)CC1. The van der Waals surface area contributed by atoms with Gasteiger partial charge in [-0.25, -0.2) is 4.98 Å². The number of fused-ring (bicyclic) bond motifs is 1. The zero-order valence-corrected chi connectivity index (χ0v) is 18.3. The second kappa shape index (κ2) is 8.89. The molecule has 9 heteroatoms. The Hall–Kier alpha value is -3.20. The lowest BCUT2D eigenvalue weighted by Gasteiger charge is -2.33. The van der Waals surface area contributed by atoms with Crippen LogP contribution in [0.3, 0.4) is 0 Å². The monoisotopic (exact) mass is 483 g/mol. The summed E-state index contributed by atoms with van der Waals surface area (Å²) in [5.74, 6) is -0.689. The number of rotatable bonds is 5. The number of anilines is 2. The molecule has 0 radical (unpaired) electrons. The first-order valence-corrected chi connectivity index (χ1v) is 10.8. The number of carbonyl (C=O) groups is 2. The highest BCUT2D eigenvalue weighted by Crippen LogP contribution is 2.29. The molecule has 31 heavy (non-hydrogen) atoms. The predicted molar refractivity (Wildman–Crippen MR) is 123 cm³/mol. The van der Waals surface area contributed by atoms with Gasteiger partial charge in [0.25, 0.3) is 5.56 Å². The Bertz CT molecular complexity index is 1200. The minimum absolute atomic E-state index is 0.106. The van der Waals surface area contributed by atoms with Gasteiger partial charge in [0.1, 0.15) is 6.54 Å². The molecule has 0 saturated carbocycles. The number of hydrogen-bond acceptors (Lipinski definition) is 5. The number of amides is 2. The van der Waals surface area contributed by atoms with E-state index >= 15 is 0 Å². The summed E-state index contributed by atoms with van der Waals surface area (Å²) in [6.45, 7) is 1.22. The number of nitrogens with two attached hydrogens (primary N) is 1. The topological polar surface area (TPSA) is 110 Å². The molecular formula is C22H22BrN5O3. The molecule has 1 fully saturated rings. The summed E-state index contributed by atoms with van der Waals surface area (Å²) in [6.07, 6.45) is 2.76. The molecule has 1 aliphatic heterocycles. The third-order valence-corrected chi connectivity index (χ3v) is 6.01. The molecule has 4 rings (SSSR count). The largest absolute Gasteiger partial charge is 0.370 e. The lowest BCUT2D eigenvalue weighted by atomic mass is 9.96. The molecular weight excluding hydrogens is 462 g/mol. The van der Waals surface area contributed by atoms with E-state index in [2.05, 4.69) is 31.1 Å². The first-order chi connectivity index (χ1) is 14.9. The van der Waals surface area contributed by atoms with E-state index < -0.39 is 0 Å². The number of nitrogens with zero attached hydrogens (tertiary/aromatic N) is 3. The van der Waals surface area contributed by atoms with Crippen molar-refractivity contribution in [3.05, 3.63) is 63.6 Å². The van der Waals surface area contributed by atoms with E-state index in [-0.39, 0.29) is 29.8 Å². The van der Waals surface area contributed by atoms with Crippen molar-refractivity contribution in [2.24, 2.45) is 11.7 Å². The predicted octanol–water partition coefficient (Wildman–Crippen LogP) is 2.50. The smallest absolute Gasteiger partial charge is 0.261 e. The van der Waals surface area contributed by atoms with Gasteiger partial charge in [-0.05, 0) is 43.2 Å². The second-order valence-corrected chi connectivity index (χ2v) is 8.48. The Kier molecular flexibility index (Phi) is 6.03. The van der Waals surface area contributed by atoms with Gasteiger partial charge >= 0.3 is 0 Å². The van der Waals surface area contributed by atoms with E-state index in [1.807, 2.05) is 30.3 Å². The molecule has 1 aliphatic rings. The van der Waals surface area contributed by atoms with E-state index in [9.17, 15) is 14.4 Å². The fourth-order valence-corrected chi connectivity index (χ4v) is 4.21. The molecule has 160 valence electrons. The van der Waals surface area contributed by atoms with Gasteiger partial charge in [-0.15, -0.1) is 0 Å². The minimum Gasteiger partial charge on any atom is -0.370 e. The highest BCUT2D eigenvalue weighted by Gasteiger charge is 2.24. The molecule has 0 aliphatic carbocycles. The molecule has 2 amide bonds. The van der Waals surface area contributed by atoms with E-state index in [1.165, 1.54) is 10.9 Å². The quantitative estimate of drug-likeness (QED) is 0.579. The van der Waals surface area contributed by atoms with Crippen molar-refractivity contribution in [1.82, 2.24) is 9.55 Å². The van der Waals surface area contributed by atoms with Crippen molar-refractivity contribution in [1.29, 1.82) is 0 Å². The van der Waals surface area contributed by atoms with Gasteiger partial charge in [0.15, 0.2) is 0 Å². The molecule has 1 aromatic heterocycles. The van der Waals surface area contributed by atoms with Crippen LogP contribution in [0.1, 0.15) is 12.8 Å². The fraction of sp³-hybridized carbons (Fsp3) is 0.273. The third-order valence-electron chi connectivity index (χ3n) is 5.52. The first-order valence-electron chi connectivity index (χ1n) is 10.0. The average Bonchev–Trinajstić information content (AvgIpc) is 2.76. The van der Waals surface area contributed by atoms with Crippen LogP contribution in [0, 0.1) is 5.92 Å². The molecule has 3 N–H and O–H groups in total. The van der Waals surface area contributed by atoms with Crippen LogP contribution in [0.25, 0.3) is 10.9 Å². The van der Waals surface area contributed by atoms with E-state index in [0.29, 0.717) is 42.5 Å². The van der Waals surface area contributed by atoms with Gasteiger partial charge < -0.3 is 16.0 Å². The molecule has 0 bridgehead atoms. The summed E-state index contributed by atoms with van der Waals surface area (Å²) in [6, 6.07) is 12.8. The Morgan fingerprint density at radius 1 is 1.16 bits per heavy atom. The van der Waals surface area contributed by atoms with Gasteiger partial charge in [0, 0.05) is 23.5 Å². The van der Waals surface area contributed by atoms with E-state index in [1.54, 1.807) is 12.1 Å². The van der Waals surface area contributed by atoms with Gasteiger partial charge in [-0.1, -0.05) is 28.1 Å². The van der Waals surface area contributed by atoms with Gasteiger partial charge in [0.2, 0.25) is 11.8 Å². The van der Waals surface area contributed by atoms with E-state index in [4.69, 9.17) is 5.73 Å². The first kappa shape index (κ1) is 21.0. The Morgan fingerprint density at radius 3 is 2.65 bits per heavy atom. The summed E-state index contributed by atoms with van der Waals surface area (Å²) in [5, 5.41) is 3.35. The Balaban J connectivity index is 1.50. The van der Waals surface area contributed by atoms with Crippen molar-refractivity contribution in [3.8, 4) is 0 Å². The molecule has 8 nitrogen and oxygen atoms in total. The number of para-hydroxylation sites is 2. The van der Waals surface area contributed by atoms with Crippen LogP contribution in [0.2, 0.25) is 0 Å². The van der Waals surface area contributed by atoms with E-state index in [0.717, 1.165) is 10.2 Å². The maximum atomic E-state index is 12.7. The summed E-state index contributed by atoms with van der Waals surface area (Å²) in [7, 11) is 0. The molecule has 0 unspecified atom stereocenters. The highest BCUT2D eigenvalue weighted by molar-refractivity contribution is 9.10. The van der Waals surface area contributed by atoms with Crippen molar-refractivity contribution in [2.45, 2.75) is 19.4 Å². The van der Waals surface area contributed by atoms with Crippen LogP contribution in [0.5, 0.6) is 0 Å². The number of halogens is 1. The zero-order valence-electron chi connectivity index (χ0n) is 16.8. The van der Waals surface area contributed by atoms with Crippen LogP contribution in [-0.2, 0) is 16.1 Å². The molecule has 1 saturated heterocycles. The molecule has 0 spiro atoms. The number of piperidine rings is 1. The summed E-state index contributed by atoms with van der Waals surface area (Å²) in [4.78, 5) is 43.3. The number of carbonyl (C=O) groups excluding carboxylic acids is 2. The van der Waals surface area contributed by atoms with Gasteiger partial charge in [-0.3, -0.25) is 19.0 Å². The highest BCUT2D eigenvalue weighted by atomic mass is 79.9. The van der Waals surface area contributed by atoms with Gasteiger partial charge in [-0.2, -0.15) is 0 Å². The number of nitrogens with one attached hydrogen (secondary N) is 1. The van der Waals surface area contributed by atoms with Crippen molar-refractivity contribution < 1.29 is 9.59 Å². The van der Waals surface area contributed by atoms with Crippen molar-refractivity contribution in [3.63, 3.8) is 0 Å². The van der Waals surface area contributed by atoms with Crippen LogP contribution in [0.4, 0.5) is 11.4 Å². The number of aromatic nitrogens is 2. The average molecular weight is 484 g/mol. The number of benzene rings is 2. The molecule has 2 heterocycles. The Labute approximate surface area is 187 Å². The zero-order chi connectivity index (χ0) is 22.0. The van der Waals surface area contributed by atoms with Crippen LogP contribution in [-0.4, -0.2) is 34.5 Å². The van der Waals surface area contributed by atoms with Gasteiger partial charge in [0.05, 0.1) is 28.6 Å². The van der Waals surface area contributed by atoms with Crippen LogP contribution in [0.15, 0.2) is 58.1 Å². The molecule has 2 aromatic carbocycles. The van der Waals surface area contributed by atoms with Crippen molar-refractivity contribution in [2.75, 3.05) is 23.3 Å². The maximum Gasteiger partial charge on any atom is 0.261 e. The standard InChI is InChI=1S/C22H22BrN5O3/c23-15-5-6-17-16(11-15)22(31)28(13-25-17)12-20(29)26-18-3-1-2-4-19(18)27-9-7-14(8-10-27)21(24)30/h1-6,11,13-14H,7-10,12H2,(H2,24,30)(H,26,29). The summed E-state index contributed by atoms with van der Waals surface area (Å²) < 4.78 is 2.07. The molecule has 0 atom stereocenters. The lowest BCUT2D eigenvalue weighted by molar-refractivity contribution is -0.122. The van der Waals surface area contributed by atoms with Crippen molar-refractivity contribution >= 4 is 50.0 Å². The maximum absolute atomic E-state index is 12.7. The minimum atomic E-state index is -0.322. The summed E-state index contributed by atoms with van der Waals surface area (Å²) >= 11 is 3.36. The normalized spacial score (nSPS) is 14.5. The molecule has 3 aromatic rings. The fourth-order valence-electron chi connectivity index (χ4n) is 3.85. The third kappa shape index (κ3) is 4.61. The lowest BCUT2D eigenvalue weighted by Crippen LogP contribution is -2.39. The summed E-state index contributed by atoms with van der Waals surface area (Å²) in [5.41, 5.74) is 7.27. The number of hydrogen-bond donors (Lipinski definition) is 2. The van der Waals surface area contributed by atoms with Crippen LogP contribution >= 0.6 is 15.9 Å².